The van der Waals surface area contributed by atoms with E-state index in [9.17, 15) is 0 Å². The Kier molecular flexibility index (Phi) is 9.84. The lowest BCUT2D eigenvalue weighted by Crippen LogP contribution is -2.14. The van der Waals surface area contributed by atoms with Crippen LogP contribution in [-0.2, 0) is 0 Å². The number of fused-ring (bicyclic) bond motifs is 9. The molecule has 5 heterocycles. The molecule has 1 aliphatic carbocycles. The number of nitrogens with zero attached hydrogens (tertiary/aromatic N) is 4. The summed E-state index contributed by atoms with van der Waals surface area (Å²) >= 11 is 0. The lowest BCUT2D eigenvalue weighted by molar-refractivity contribution is 0.668. The molecule has 0 saturated carbocycles. The average Bonchev–Trinajstić information content (AvgIpc) is 4.09. The summed E-state index contributed by atoms with van der Waals surface area (Å²) in [5, 5.41) is 6.83. The van der Waals surface area contributed by atoms with Crippen LogP contribution in [0.1, 0.15) is 17.9 Å². The summed E-state index contributed by atoms with van der Waals surface area (Å²) in [6.45, 7) is 9.19. The molecule has 1 unspecified atom stereocenters. The highest BCUT2D eigenvalue weighted by molar-refractivity contribution is 6.12. The summed E-state index contributed by atoms with van der Waals surface area (Å²) in [6.07, 6.45) is 19.1. The summed E-state index contributed by atoms with van der Waals surface area (Å²) in [7, 11) is 0. The van der Waals surface area contributed by atoms with Crippen LogP contribution in [0.5, 0.6) is 0 Å². The van der Waals surface area contributed by atoms with Gasteiger partial charge in [-0.15, -0.1) is 0 Å². The molecule has 0 radical (unpaired) electrons. The van der Waals surface area contributed by atoms with E-state index in [4.69, 9.17) is 4.42 Å². The maximum Gasteiger partial charge on any atom is 0.138 e. The second-order valence-corrected chi connectivity index (χ2v) is 18.1. The molecule has 13 rings (SSSR count). The molecule has 12 aromatic rings. The van der Waals surface area contributed by atoms with Gasteiger partial charge in [-0.05, 0) is 142 Å². The zero-order valence-electron chi connectivity index (χ0n) is 38.3. The fourth-order valence-corrected chi connectivity index (χ4v) is 10.4. The highest BCUT2D eigenvalue weighted by atomic mass is 16.3. The molecular formula is C64H45N5O. The summed E-state index contributed by atoms with van der Waals surface area (Å²) in [5.74, 6) is 0.175. The normalized spacial score (nSPS) is 13.9. The van der Waals surface area contributed by atoms with Crippen LogP contribution in [-0.4, -0.2) is 19.5 Å². The lowest BCUT2D eigenvalue weighted by atomic mass is 9.85. The van der Waals surface area contributed by atoms with Gasteiger partial charge in [0.25, 0.3) is 0 Å². The van der Waals surface area contributed by atoms with Crippen molar-refractivity contribution in [3.8, 4) is 27.9 Å². The summed E-state index contributed by atoms with van der Waals surface area (Å²) in [6, 6.07) is 60.6. The fourth-order valence-electron chi connectivity index (χ4n) is 10.4. The molecular weight excluding hydrogens is 855 g/mol. The number of pyridine rings is 2. The van der Waals surface area contributed by atoms with Crippen molar-refractivity contribution in [2.75, 3.05) is 4.90 Å². The molecule has 0 fully saturated rings. The number of para-hydroxylation sites is 2. The van der Waals surface area contributed by atoms with Gasteiger partial charge < -0.3 is 18.9 Å². The summed E-state index contributed by atoms with van der Waals surface area (Å²) in [5.41, 5.74) is 18.2. The topological polar surface area (TPSA) is 62.9 Å². The molecule has 7 aromatic carbocycles. The Morgan fingerprint density at radius 1 is 0.571 bits per heavy atom. The predicted molar refractivity (Wildman–Crippen MR) is 291 cm³/mol. The van der Waals surface area contributed by atoms with E-state index in [0.29, 0.717) is 0 Å². The third-order valence-electron chi connectivity index (χ3n) is 14.0. The molecule has 1 N–H and O–H groups in total. The van der Waals surface area contributed by atoms with Crippen molar-refractivity contribution in [3.63, 3.8) is 0 Å². The van der Waals surface area contributed by atoms with Crippen molar-refractivity contribution >= 4 is 76.9 Å². The Hall–Kier alpha value is -9.26. The SMILES string of the molecule is C=C(/C=C\C(=C)N(c1ccccc1)c1ccc(-c2ccc3c(c2)[nH]c2ccncc23)cc1)C1=CC=CC(c2ccc3c(c2)c2cc(-c4ccc5c(c4)oc4ccncc45)ccc2n3-c2ccccc2)C1. The first kappa shape index (κ1) is 41.0. The van der Waals surface area contributed by atoms with Gasteiger partial charge in [-0.3, -0.25) is 9.97 Å². The van der Waals surface area contributed by atoms with E-state index < -0.39 is 0 Å². The third-order valence-corrected chi connectivity index (χ3v) is 14.0. The van der Waals surface area contributed by atoms with Gasteiger partial charge in [0.2, 0.25) is 0 Å². The van der Waals surface area contributed by atoms with E-state index in [-0.39, 0.29) is 5.92 Å². The van der Waals surface area contributed by atoms with Gasteiger partial charge in [-0.1, -0.05) is 116 Å². The first-order valence-corrected chi connectivity index (χ1v) is 23.7. The van der Waals surface area contributed by atoms with Crippen LogP contribution < -0.4 is 4.90 Å². The van der Waals surface area contributed by atoms with E-state index in [2.05, 4.69) is 220 Å². The molecule has 1 aliphatic rings. The van der Waals surface area contributed by atoms with Crippen molar-refractivity contribution in [1.29, 1.82) is 0 Å². The number of nitrogens with one attached hydrogen (secondary N) is 1. The van der Waals surface area contributed by atoms with Gasteiger partial charge in [0.05, 0.1) is 11.0 Å². The standard InChI is InChI=1S/C64H45N5O/c1-41(16-17-42(2)68(50-12-5-3-6-13-50)52-24-18-43(19-25-52)48-20-26-53-57-39-65-32-30-59(57)67-60(53)37-48)44-10-9-11-45(34-44)46-22-28-61-55(35-46)56-36-47(23-29-62(56)69(61)51-14-7-4-8-15-51)49-21-27-54-58-40-66-33-31-63(58)70-64(54)38-49/h3-33,35-40,45,67H,1-2,34H2/b17-16-. The molecule has 5 aromatic heterocycles. The van der Waals surface area contributed by atoms with Crippen LogP contribution in [0.3, 0.4) is 0 Å². The minimum atomic E-state index is 0.175. The molecule has 0 amide bonds. The molecule has 0 saturated heterocycles. The smallest absolute Gasteiger partial charge is 0.138 e. The van der Waals surface area contributed by atoms with Crippen LogP contribution >= 0.6 is 0 Å². The Bertz CT molecular complexity index is 4130. The molecule has 332 valence electrons. The molecule has 6 heteroatoms. The number of hydrogen-bond acceptors (Lipinski definition) is 4. The van der Waals surface area contributed by atoms with Crippen molar-refractivity contribution in [2.45, 2.75) is 12.3 Å². The van der Waals surface area contributed by atoms with E-state index in [0.717, 1.165) is 95.4 Å². The van der Waals surface area contributed by atoms with Crippen molar-refractivity contribution < 1.29 is 4.42 Å². The molecule has 6 nitrogen and oxygen atoms in total. The van der Waals surface area contributed by atoms with Crippen LogP contribution in [0, 0.1) is 0 Å². The first-order chi connectivity index (χ1) is 34.5. The second-order valence-electron chi connectivity index (χ2n) is 18.1. The monoisotopic (exact) mass is 899 g/mol. The average molecular weight is 900 g/mol. The van der Waals surface area contributed by atoms with Crippen LogP contribution in [0.15, 0.2) is 259 Å². The van der Waals surface area contributed by atoms with Gasteiger partial charge in [-0.2, -0.15) is 0 Å². The van der Waals surface area contributed by atoms with E-state index in [1.807, 2.05) is 36.8 Å². The number of aromatic amines is 1. The number of allylic oxidation sites excluding steroid dienone is 7. The fraction of sp³-hybridized carbons (Fsp3) is 0.0312. The zero-order chi connectivity index (χ0) is 46.7. The lowest BCUT2D eigenvalue weighted by Gasteiger charge is -2.26. The Morgan fingerprint density at radius 2 is 1.24 bits per heavy atom. The minimum absolute atomic E-state index is 0.175. The molecule has 0 bridgehead atoms. The van der Waals surface area contributed by atoms with Gasteiger partial charge in [-0.25, -0.2) is 0 Å². The van der Waals surface area contributed by atoms with Gasteiger partial charge in [0.1, 0.15) is 11.2 Å². The number of anilines is 2. The zero-order valence-corrected chi connectivity index (χ0v) is 38.3. The molecule has 70 heavy (non-hydrogen) atoms. The van der Waals surface area contributed by atoms with Gasteiger partial charge in [0.15, 0.2) is 0 Å². The van der Waals surface area contributed by atoms with Gasteiger partial charge in [0, 0.05) is 96.8 Å². The van der Waals surface area contributed by atoms with Crippen molar-refractivity contribution in [1.82, 2.24) is 19.5 Å². The second kappa shape index (κ2) is 16.8. The van der Waals surface area contributed by atoms with Crippen molar-refractivity contribution in [3.05, 3.63) is 261 Å². The van der Waals surface area contributed by atoms with Crippen molar-refractivity contribution in [2.24, 2.45) is 0 Å². The maximum absolute atomic E-state index is 6.27. The molecule has 1 atom stereocenters. The first-order valence-electron chi connectivity index (χ1n) is 23.7. The number of hydrogen-bond donors (Lipinski definition) is 1. The number of furan rings is 1. The van der Waals surface area contributed by atoms with E-state index in [1.54, 1.807) is 6.20 Å². The minimum Gasteiger partial charge on any atom is -0.456 e. The highest BCUT2D eigenvalue weighted by Crippen LogP contribution is 2.41. The quantitative estimate of drug-likeness (QED) is 0.139. The molecule has 0 spiro atoms. The van der Waals surface area contributed by atoms with Crippen LogP contribution in [0.25, 0.3) is 93.5 Å². The summed E-state index contributed by atoms with van der Waals surface area (Å²) < 4.78 is 8.66. The maximum atomic E-state index is 6.27. The number of H-pyrrole nitrogens is 1. The number of rotatable bonds is 10. The highest BCUT2D eigenvalue weighted by Gasteiger charge is 2.20. The van der Waals surface area contributed by atoms with Crippen LogP contribution in [0.4, 0.5) is 11.4 Å². The third kappa shape index (κ3) is 7.13. The summed E-state index contributed by atoms with van der Waals surface area (Å²) in [4.78, 5) is 14.4. The van der Waals surface area contributed by atoms with Crippen LogP contribution in [0.2, 0.25) is 0 Å². The Labute approximate surface area is 404 Å². The van der Waals surface area contributed by atoms with E-state index >= 15 is 0 Å². The molecule has 0 aliphatic heterocycles. The Balaban J connectivity index is 0.777. The predicted octanol–water partition coefficient (Wildman–Crippen LogP) is 16.9. The number of benzene rings is 7. The Morgan fingerprint density at radius 3 is 2.07 bits per heavy atom. The van der Waals surface area contributed by atoms with Gasteiger partial charge >= 0.3 is 0 Å². The largest absolute Gasteiger partial charge is 0.456 e. The number of aromatic nitrogens is 4. The van der Waals surface area contributed by atoms with E-state index in [1.165, 1.54) is 38.3 Å².